The maximum Gasteiger partial charge on any atom is 0.542 e. The first-order chi connectivity index (χ1) is 71.1. The summed E-state index contributed by atoms with van der Waals surface area (Å²) in [7, 11) is 17.7. The van der Waals surface area contributed by atoms with Crippen LogP contribution in [-0.2, 0) is 46.1 Å². The van der Waals surface area contributed by atoms with E-state index in [-0.39, 0.29) is 27.9 Å². The molecule has 26 rings (SSSR count). The molecule has 0 amide bonds. The predicted octanol–water partition coefficient (Wildman–Crippen LogP) is 24.5. The SMILES string of the molecule is Cc1cccc(C)c1B1N(C)c2cccc(C)c2-c2n(C)cc[n+]21.Cc1cccc2c1-c1n(C)cc[n+]1B(c1c(C(C)C)cccc1C(C)C)N2C.Cc1cccc2c1-c1n(C)cc[n+]1B(c1c(C(C)C)cccc1C(C)C)N2c1ccccc1.Cc1cccc2c1-c1n(C)cc[n+]1B(c1c(C3CCCCC3)cccc1C1CCCCC1)N2C.Cc1cccc2c3cccc4c3n3c(c[n+](C)c3c12)C12CCCCC41CCC2. The molecule has 6 aromatic heterocycles. The van der Waals surface area contributed by atoms with Gasteiger partial charge in [-0.05, 0) is 265 Å². The molecular weight excluding hydrogens is 1790 g/mol. The number of para-hydroxylation sites is 2. The van der Waals surface area contributed by atoms with Gasteiger partial charge in [0.25, 0.3) is 28.9 Å². The Kier molecular flexibility index (Phi) is 26.3. The molecule has 18 heteroatoms. The number of hydrogen-bond donors (Lipinski definition) is 0. The predicted molar refractivity (Wildman–Crippen MR) is 617 cm³/mol. The van der Waals surface area contributed by atoms with Crippen LogP contribution in [0.5, 0.6) is 0 Å². The second-order valence-electron chi connectivity index (χ2n) is 46.3. The largest absolute Gasteiger partial charge is 0.542 e. The van der Waals surface area contributed by atoms with Crippen molar-refractivity contribution in [3.63, 3.8) is 0 Å². The van der Waals surface area contributed by atoms with Crippen LogP contribution in [-0.4, -0.2) is 71.7 Å². The number of rotatable bonds is 11. The summed E-state index contributed by atoms with van der Waals surface area (Å²) in [5.41, 5.74) is 42.9. The molecule has 5 aliphatic heterocycles. The second-order valence-corrected chi connectivity index (χ2v) is 46.3. The lowest BCUT2D eigenvalue weighted by Gasteiger charge is -2.50. The van der Waals surface area contributed by atoms with Crippen molar-refractivity contribution in [1.29, 1.82) is 0 Å². The normalized spacial score (nSPS) is 17.4. The van der Waals surface area contributed by atoms with Crippen LogP contribution in [0.15, 0.2) is 268 Å². The van der Waals surface area contributed by atoms with Crippen LogP contribution < -0.4 is 63.6 Å². The van der Waals surface area contributed by atoms with Gasteiger partial charge in [0.05, 0.1) is 62.9 Å². The molecule has 4 saturated carbocycles. The molecule has 147 heavy (non-hydrogen) atoms. The Labute approximate surface area is 876 Å². The van der Waals surface area contributed by atoms with E-state index >= 15 is 0 Å². The van der Waals surface area contributed by atoms with Gasteiger partial charge < -0.3 is 19.2 Å². The third-order valence-corrected chi connectivity index (χ3v) is 36.3. The molecule has 2 unspecified atom stereocenters. The lowest BCUT2D eigenvalue weighted by molar-refractivity contribution is -0.643. The van der Waals surface area contributed by atoms with E-state index in [1.165, 1.54) is 288 Å². The van der Waals surface area contributed by atoms with Crippen molar-refractivity contribution in [3.8, 4) is 45.6 Å². The van der Waals surface area contributed by atoms with Gasteiger partial charge in [-0.15, -0.1) is 0 Å². The average Bonchev–Trinajstić information content (AvgIpc) is 1.51. The van der Waals surface area contributed by atoms with Crippen molar-refractivity contribution < 1.29 is 22.5 Å². The van der Waals surface area contributed by atoms with Gasteiger partial charge in [-0.1, -0.05) is 289 Å². The van der Waals surface area contributed by atoms with Crippen molar-refractivity contribution >= 4 is 106 Å². The minimum Gasteiger partial charge on any atom is -0.372 e. The lowest BCUT2D eigenvalue weighted by Crippen LogP contribution is -2.71. The summed E-state index contributed by atoms with van der Waals surface area (Å²) in [4.78, 5) is 9.98. The van der Waals surface area contributed by atoms with Gasteiger partial charge in [0.15, 0.2) is 5.69 Å². The molecule has 11 aromatic carbocycles. The van der Waals surface area contributed by atoms with E-state index in [2.05, 4.69) is 493 Å². The zero-order chi connectivity index (χ0) is 102. The first kappa shape index (κ1) is 98.6. The van der Waals surface area contributed by atoms with Crippen LogP contribution in [0.1, 0.15) is 284 Å². The minimum atomic E-state index is 0.0360. The number of nitrogens with zero attached hydrogens (tertiary/aromatic N) is 14. The molecule has 9 aliphatic rings. The quantitative estimate of drug-likeness (QED) is 0.0736. The van der Waals surface area contributed by atoms with Crippen molar-refractivity contribution in [3.05, 3.63) is 352 Å². The number of fused-ring (bicyclic) bond motifs is 15. The van der Waals surface area contributed by atoms with Crippen molar-refractivity contribution in [2.45, 2.75) is 259 Å². The minimum absolute atomic E-state index is 0.0360. The summed E-state index contributed by atoms with van der Waals surface area (Å²) in [5, 5.41) is 4.29. The molecular formula is C129H153B4N14+5. The van der Waals surface area contributed by atoms with Crippen LogP contribution in [0.2, 0.25) is 0 Å². The van der Waals surface area contributed by atoms with Gasteiger partial charge >= 0.3 is 27.9 Å². The van der Waals surface area contributed by atoms with Gasteiger partial charge in [-0.2, -0.15) is 4.40 Å². The molecule has 0 N–H and O–H groups in total. The monoisotopic (exact) mass is 1940 g/mol. The zero-order valence-electron chi connectivity index (χ0n) is 92.0. The summed E-state index contributed by atoms with van der Waals surface area (Å²) < 4.78 is 24.1. The van der Waals surface area contributed by atoms with Gasteiger partial charge in [0.1, 0.15) is 61.3 Å². The van der Waals surface area contributed by atoms with E-state index < -0.39 is 0 Å². The average molecular weight is 1940 g/mol. The van der Waals surface area contributed by atoms with Crippen LogP contribution >= 0.6 is 0 Å². The van der Waals surface area contributed by atoms with E-state index in [1.807, 2.05) is 0 Å². The van der Waals surface area contributed by atoms with Crippen molar-refractivity contribution in [2.75, 3.05) is 40.4 Å². The standard InChI is InChI=1S/C30H39BN3.C29H33BN3.C26H27N2.C24H31BN3.C20H23BN3/c1-22-12-10-19-27-28(22)30-32(2)20-21-34(30)31(33(27)3)29-25(23-13-6-4-7-14-23)17-11-18-26(29)24-15-8-5-9-16-24;1-20(2)24-15-11-16-25(21(3)4)28(24)30-32-19-18-31(6)29(32)27-22(5)12-10-17-26(27)33(30)23-13-8-7-9-14-23;1-17-8-5-9-18-19-10-6-11-20-23(19)28-21(16-27(2)24(28)22(17)18)26-13-4-3-12-25(20,26)14-7-15-26;1-16(2)19-11-9-12-20(17(3)4)23(19)25-27(7)21-13-8-10-18(5)22(21)24-26(6)14-15-28(24)25;1-14-8-7-11-17-18(14)20-22(4)12-13-24(20)21(23(17)5)19-15(2)9-6-10-16(19)3/h10-12,17-21,23-24H,4-9,13-16H2,1-3H3;7-21H,1-6H3;5-6,8-11,16H,3-4,7,12-15H2,1-2H3;8-17H,1-7H3;6-13H,1-5H3/q5*+1. The Morgan fingerprint density at radius 1 is 0.313 bits per heavy atom. The molecule has 4 fully saturated rings. The summed E-state index contributed by atoms with van der Waals surface area (Å²) in [5.74, 6) is 8.38. The van der Waals surface area contributed by atoms with Crippen LogP contribution in [0.3, 0.4) is 0 Å². The summed E-state index contributed by atoms with van der Waals surface area (Å²) in [6.45, 7) is 34.6. The topological polar surface area (TPSA) is 56.5 Å². The molecule has 0 saturated heterocycles. The highest BCUT2D eigenvalue weighted by Gasteiger charge is 2.64. The van der Waals surface area contributed by atoms with Crippen molar-refractivity contribution in [2.24, 2.45) is 35.2 Å². The molecule has 0 radical (unpaired) electrons. The number of pyridine rings is 1. The Balaban J connectivity index is 0.000000105. The fraction of sp³-hybridized carbons (Fsp3) is 0.372. The Morgan fingerprint density at radius 2 is 0.660 bits per heavy atom. The fourth-order valence-electron chi connectivity index (χ4n) is 29.5. The van der Waals surface area contributed by atoms with Gasteiger partial charge in [0.2, 0.25) is 0 Å². The molecule has 0 spiro atoms. The molecule has 17 aromatic rings. The highest BCUT2D eigenvalue weighted by Crippen LogP contribution is 2.66. The van der Waals surface area contributed by atoms with Crippen LogP contribution in [0, 0.1) is 48.5 Å². The zero-order valence-corrected chi connectivity index (χ0v) is 92.0. The van der Waals surface area contributed by atoms with Gasteiger partial charge in [-0.3, -0.25) is 17.9 Å². The van der Waals surface area contributed by atoms with Gasteiger partial charge in [0, 0.05) is 77.5 Å². The number of aromatic nitrogens is 10. The fourth-order valence-corrected chi connectivity index (χ4v) is 29.5. The van der Waals surface area contributed by atoms with E-state index in [0.717, 1.165) is 0 Å². The van der Waals surface area contributed by atoms with E-state index in [4.69, 9.17) is 0 Å². The highest BCUT2D eigenvalue weighted by molar-refractivity contribution is 6.73. The van der Waals surface area contributed by atoms with E-state index in [1.54, 1.807) is 27.8 Å². The smallest absolute Gasteiger partial charge is 0.372 e. The molecule has 14 nitrogen and oxygen atoms in total. The third kappa shape index (κ3) is 16.0. The maximum atomic E-state index is 2.69. The lowest BCUT2D eigenvalue weighted by atomic mass is 9.52. The molecule has 11 heterocycles. The number of aryl methyl sites for hydroxylation is 12. The van der Waals surface area contributed by atoms with Gasteiger partial charge in [-0.25, -0.2) is 22.8 Å². The second kappa shape index (κ2) is 39.2. The van der Waals surface area contributed by atoms with Crippen LogP contribution in [0.4, 0.5) is 28.4 Å². The Morgan fingerprint density at radius 3 is 1.12 bits per heavy atom. The number of hydrogen-bond acceptors (Lipinski definition) is 4. The highest BCUT2D eigenvalue weighted by atomic mass is 15.3. The third-order valence-electron chi connectivity index (χ3n) is 36.3. The number of anilines is 5. The van der Waals surface area contributed by atoms with E-state index in [0.29, 0.717) is 46.3 Å². The summed E-state index contributed by atoms with van der Waals surface area (Å²) in [6.07, 6.45) is 43.6. The number of imidazole rings is 5. The Hall–Kier alpha value is -13.1. The number of benzene rings is 11. The van der Waals surface area contributed by atoms with E-state index in [9.17, 15) is 0 Å². The molecule has 4 aliphatic carbocycles. The Bertz CT molecular complexity index is 7810. The maximum absolute atomic E-state index is 2.69. The first-order valence-corrected chi connectivity index (χ1v) is 55.5. The molecule has 0 bridgehead atoms. The van der Waals surface area contributed by atoms with Crippen molar-refractivity contribution in [1.82, 2.24) is 22.7 Å². The molecule has 2 atom stereocenters. The summed E-state index contributed by atoms with van der Waals surface area (Å²) >= 11 is 0. The van der Waals surface area contributed by atoms with Crippen LogP contribution in [0.25, 0.3) is 72.9 Å². The summed E-state index contributed by atoms with van der Waals surface area (Å²) in [6, 6.07) is 79.3. The first-order valence-electron chi connectivity index (χ1n) is 55.5. The molecule has 746 valence electrons.